The van der Waals surface area contributed by atoms with Gasteiger partial charge in [-0.15, -0.1) is 0 Å². The van der Waals surface area contributed by atoms with Crippen molar-refractivity contribution in [2.24, 2.45) is 7.05 Å². The molecular formula is C16H22N+. The van der Waals surface area contributed by atoms with Gasteiger partial charge in [0.1, 0.15) is 7.05 Å². The van der Waals surface area contributed by atoms with Crippen molar-refractivity contribution in [2.45, 2.75) is 27.2 Å². The van der Waals surface area contributed by atoms with Crippen molar-refractivity contribution in [1.82, 2.24) is 0 Å². The molecule has 0 radical (unpaired) electrons. The third kappa shape index (κ3) is 3.70. The summed E-state index contributed by atoms with van der Waals surface area (Å²) in [6, 6.07) is 4.36. The van der Waals surface area contributed by atoms with Crippen molar-refractivity contribution in [3.63, 3.8) is 0 Å². The first-order chi connectivity index (χ1) is 8.08. The van der Waals surface area contributed by atoms with Gasteiger partial charge in [-0.2, -0.15) is 0 Å². The molecule has 0 unspecified atom stereocenters. The fourth-order valence-corrected chi connectivity index (χ4v) is 1.86. The Kier molecular flexibility index (Phi) is 4.89. The lowest BCUT2D eigenvalue weighted by molar-refractivity contribution is -0.674. The van der Waals surface area contributed by atoms with Gasteiger partial charge < -0.3 is 0 Å². The summed E-state index contributed by atoms with van der Waals surface area (Å²) in [6.07, 6.45) is 9.23. The van der Waals surface area contributed by atoms with Gasteiger partial charge in [-0.25, -0.2) is 4.57 Å². The molecule has 0 atom stereocenters. The van der Waals surface area contributed by atoms with Gasteiger partial charge in [-0.3, -0.25) is 0 Å². The molecule has 1 aromatic rings. The van der Waals surface area contributed by atoms with Crippen LogP contribution in [0.5, 0.6) is 0 Å². The van der Waals surface area contributed by atoms with Gasteiger partial charge >= 0.3 is 0 Å². The Balaban J connectivity index is 3.22. The number of hydrogen-bond acceptors (Lipinski definition) is 0. The van der Waals surface area contributed by atoms with Crippen LogP contribution in [0.15, 0.2) is 48.7 Å². The molecule has 0 bridgehead atoms. The van der Waals surface area contributed by atoms with Crippen molar-refractivity contribution in [1.29, 1.82) is 0 Å². The highest BCUT2D eigenvalue weighted by Crippen LogP contribution is 2.17. The summed E-state index contributed by atoms with van der Waals surface area (Å²) in [7, 11) is 2.09. The smallest absolute Gasteiger partial charge is 0.201 e. The third-order valence-electron chi connectivity index (χ3n) is 2.80. The van der Waals surface area contributed by atoms with Gasteiger partial charge in [0.25, 0.3) is 0 Å². The first-order valence-corrected chi connectivity index (χ1v) is 6.05. The van der Waals surface area contributed by atoms with E-state index in [-0.39, 0.29) is 0 Å². The van der Waals surface area contributed by atoms with Gasteiger partial charge in [0.05, 0.1) is 0 Å². The molecule has 0 aliphatic carbocycles. The molecular weight excluding hydrogens is 206 g/mol. The van der Waals surface area contributed by atoms with Crippen LogP contribution < -0.4 is 4.57 Å². The Morgan fingerprint density at radius 1 is 1.47 bits per heavy atom. The second kappa shape index (κ2) is 6.19. The highest BCUT2D eigenvalue weighted by Gasteiger charge is 2.10. The molecule has 0 spiro atoms. The molecule has 90 valence electrons. The van der Waals surface area contributed by atoms with Crippen molar-refractivity contribution in [3.8, 4) is 0 Å². The summed E-state index contributed by atoms with van der Waals surface area (Å²) in [4.78, 5) is 0. The maximum Gasteiger partial charge on any atom is 0.208 e. The Morgan fingerprint density at radius 3 is 2.76 bits per heavy atom. The highest BCUT2D eigenvalue weighted by molar-refractivity contribution is 5.63. The first kappa shape index (κ1) is 13.4. The lowest BCUT2D eigenvalue weighted by atomic mass is 10.0. The van der Waals surface area contributed by atoms with Crippen LogP contribution in [0.2, 0.25) is 0 Å². The van der Waals surface area contributed by atoms with Crippen LogP contribution in [0.1, 0.15) is 31.5 Å². The average Bonchev–Trinajstić information content (AvgIpc) is 2.30. The van der Waals surface area contributed by atoms with Gasteiger partial charge in [-0.1, -0.05) is 31.2 Å². The Morgan fingerprint density at radius 2 is 2.18 bits per heavy atom. The molecule has 0 N–H and O–H groups in total. The van der Waals surface area contributed by atoms with Crippen LogP contribution in [0.3, 0.4) is 0 Å². The summed E-state index contributed by atoms with van der Waals surface area (Å²) in [5.41, 5.74) is 5.16. The Labute approximate surface area is 105 Å². The summed E-state index contributed by atoms with van der Waals surface area (Å²) < 4.78 is 2.17. The van der Waals surface area contributed by atoms with E-state index in [1.54, 1.807) is 0 Å². The summed E-state index contributed by atoms with van der Waals surface area (Å²) in [5, 5.41) is 0. The molecule has 1 aromatic heterocycles. The van der Waals surface area contributed by atoms with Crippen molar-refractivity contribution < 1.29 is 4.57 Å². The molecule has 0 fully saturated rings. The first-order valence-electron chi connectivity index (χ1n) is 6.05. The maximum atomic E-state index is 3.73. The van der Waals surface area contributed by atoms with E-state index in [0.717, 1.165) is 6.42 Å². The number of nitrogens with zero attached hydrogens (tertiary/aromatic N) is 1. The third-order valence-corrected chi connectivity index (χ3v) is 2.80. The molecule has 0 saturated carbocycles. The number of rotatable bonds is 4. The zero-order valence-electron chi connectivity index (χ0n) is 11.3. The number of aromatic nitrogens is 1. The van der Waals surface area contributed by atoms with E-state index in [4.69, 9.17) is 0 Å². The monoisotopic (exact) mass is 228 g/mol. The molecule has 0 aromatic carbocycles. The molecule has 1 heteroatoms. The number of allylic oxidation sites excluding steroid dienone is 5. The summed E-state index contributed by atoms with van der Waals surface area (Å²) in [5.74, 6) is 0. The molecule has 0 aliphatic heterocycles. The second-order valence-electron chi connectivity index (χ2n) is 4.37. The zero-order chi connectivity index (χ0) is 12.8. The van der Waals surface area contributed by atoms with Crippen molar-refractivity contribution in [3.05, 3.63) is 60.0 Å². The minimum absolute atomic E-state index is 1.03. The van der Waals surface area contributed by atoms with E-state index in [2.05, 4.69) is 63.4 Å². The van der Waals surface area contributed by atoms with Gasteiger partial charge in [-0.05, 0) is 31.9 Å². The van der Waals surface area contributed by atoms with E-state index >= 15 is 0 Å². The SMILES string of the molecule is C=C/C=C(C)\C=C(/CC)c1cc(C)cc[n+]1C. The largest absolute Gasteiger partial charge is 0.208 e. The minimum atomic E-state index is 1.03. The van der Waals surface area contributed by atoms with E-state index in [1.807, 2.05) is 12.2 Å². The second-order valence-corrected chi connectivity index (χ2v) is 4.37. The number of aryl methyl sites for hydroxylation is 2. The Bertz CT molecular complexity index is 464. The van der Waals surface area contributed by atoms with E-state index in [1.165, 1.54) is 22.4 Å². The lowest BCUT2D eigenvalue weighted by Gasteiger charge is -2.04. The maximum absolute atomic E-state index is 3.73. The minimum Gasteiger partial charge on any atom is -0.201 e. The summed E-state index contributed by atoms with van der Waals surface area (Å²) >= 11 is 0. The average molecular weight is 228 g/mol. The number of hydrogen-bond donors (Lipinski definition) is 0. The van der Waals surface area contributed by atoms with Crippen LogP contribution in [-0.2, 0) is 7.05 Å². The van der Waals surface area contributed by atoms with Gasteiger partial charge in [0.15, 0.2) is 6.20 Å². The van der Waals surface area contributed by atoms with E-state index in [0.29, 0.717) is 0 Å². The molecule has 0 amide bonds. The van der Waals surface area contributed by atoms with Crippen molar-refractivity contribution in [2.75, 3.05) is 0 Å². The van der Waals surface area contributed by atoms with E-state index < -0.39 is 0 Å². The highest BCUT2D eigenvalue weighted by atomic mass is 14.9. The molecule has 1 rings (SSSR count). The summed E-state index contributed by atoms with van der Waals surface area (Å²) in [6.45, 7) is 10.1. The lowest BCUT2D eigenvalue weighted by Crippen LogP contribution is -2.32. The molecule has 1 nitrogen and oxygen atoms in total. The molecule has 1 heterocycles. The predicted molar refractivity (Wildman–Crippen MR) is 74.6 cm³/mol. The molecule has 0 aliphatic rings. The van der Waals surface area contributed by atoms with Crippen LogP contribution in [0.25, 0.3) is 5.57 Å². The van der Waals surface area contributed by atoms with Crippen LogP contribution in [0.4, 0.5) is 0 Å². The fourth-order valence-electron chi connectivity index (χ4n) is 1.86. The number of pyridine rings is 1. The topological polar surface area (TPSA) is 3.88 Å². The fraction of sp³-hybridized carbons (Fsp3) is 0.312. The normalized spacial score (nSPS) is 12.7. The quantitative estimate of drug-likeness (QED) is 0.546. The van der Waals surface area contributed by atoms with Crippen LogP contribution >= 0.6 is 0 Å². The van der Waals surface area contributed by atoms with Crippen molar-refractivity contribution >= 4 is 5.57 Å². The van der Waals surface area contributed by atoms with Gasteiger partial charge in [0.2, 0.25) is 5.69 Å². The van der Waals surface area contributed by atoms with Crippen LogP contribution in [0, 0.1) is 6.92 Å². The molecule has 17 heavy (non-hydrogen) atoms. The zero-order valence-corrected chi connectivity index (χ0v) is 11.3. The standard InChI is InChI=1S/C16H22N/c1-6-8-13(3)11-15(7-2)16-12-14(4)9-10-17(16)5/h6,8-12H,1,7H2,2-5H3/q+1/b13-8-,15-11+. The molecule has 0 saturated heterocycles. The predicted octanol–water partition coefficient (Wildman–Crippen LogP) is 3.75. The Hall–Kier alpha value is -1.63. The van der Waals surface area contributed by atoms with E-state index in [9.17, 15) is 0 Å². The van der Waals surface area contributed by atoms with Crippen LogP contribution in [-0.4, -0.2) is 0 Å². The van der Waals surface area contributed by atoms with Gasteiger partial charge in [0, 0.05) is 17.7 Å².